The van der Waals surface area contributed by atoms with Gasteiger partial charge in [-0.15, -0.1) is 0 Å². The molecule has 0 bridgehead atoms. The summed E-state index contributed by atoms with van der Waals surface area (Å²) in [5, 5.41) is 23.4. The van der Waals surface area contributed by atoms with E-state index in [0.29, 0.717) is 12.8 Å². The minimum atomic E-state index is -3.93. The normalized spacial score (nSPS) is 23.6. The zero-order valence-electron chi connectivity index (χ0n) is 10.0. The molecule has 1 aliphatic rings. The summed E-state index contributed by atoms with van der Waals surface area (Å²) in [6, 6.07) is 0. The molecule has 1 heterocycles. The van der Waals surface area contributed by atoms with Crippen LogP contribution < -0.4 is 4.72 Å². The lowest BCUT2D eigenvalue weighted by Crippen LogP contribution is -2.30. The molecule has 4 N–H and O–H groups in total. The topological polar surface area (TPSA) is 132 Å². The fraction of sp³-hybridized carbons (Fsp3) is 0.600. The predicted molar refractivity (Wildman–Crippen MR) is 64.1 cm³/mol. The Balaban J connectivity index is 2.06. The van der Waals surface area contributed by atoms with Gasteiger partial charge in [-0.3, -0.25) is 5.10 Å². The van der Waals surface area contributed by atoms with Crippen LogP contribution in [0.15, 0.2) is 11.2 Å². The number of carboxylic acids is 1. The molecule has 1 aromatic heterocycles. The Labute approximate surface area is 109 Å². The summed E-state index contributed by atoms with van der Waals surface area (Å²) in [6.45, 7) is 0.178. The van der Waals surface area contributed by atoms with Crippen LogP contribution in [0.1, 0.15) is 29.6 Å². The molecule has 2 rings (SSSR count). The molecule has 0 amide bonds. The molecule has 1 aliphatic carbocycles. The third-order valence-electron chi connectivity index (χ3n) is 3.18. The molecule has 0 saturated heterocycles. The number of aromatic amines is 1. The number of hydrogen-bond donors (Lipinski definition) is 4. The van der Waals surface area contributed by atoms with Crippen LogP contribution in [0.25, 0.3) is 0 Å². The van der Waals surface area contributed by atoms with E-state index in [1.54, 1.807) is 0 Å². The Morgan fingerprint density at radius 3 is 2.84 bits per heavy atom. The van der Waals surface area contributed by atoms with Crippen molar-refractivity contribution in [2.75, 3.05) is 6.54 Å². The average molecular weight is 289 g/mol. The molecular formula is C10H15N3O5S. The van der Waals surface area contributed by atoms with Crippen LogP contribution in [0, 0.1) is 5.92 Å². The van der Waals surface area contributed by atoms with Crippen molar-refractivity contribution in [2.24, 2.45) is 5.92 Å². The van der Waals surface area contributed by atoms with Gasteiger partial charge in [0, 0.05) is 6.54 Å². The molecule has 106 valence electrons. The van der Waals surface area contributed by atoms with Gasteiger partial charge in [-0.2, -0.15) is 5.10 Å². The van der Waals surface area contributed by atoms with Gasteiger partial charge in [0.1, 0.15) is 5.56 Å². The molecule has 2 atom stereocenters. The maximum Gasteiger partial charge on any atom is 0.340 e. The quantitative estimate of drug-likeness (QED) is 0.580. The summed E-state index contributed by atoms with van der Waals surface area (Å²) >= 11 is 0. The third kappa shape index (κ3) is 3.11. The molecule has 9 heteroatoms. The van der Waals surface area contributed by atoms with Crippen molar-refractivity contribution in [1.29, 1.82) is 0 Å². The molecule has 19 heavy (non-hydrogen) atoms. The first-order valence-electron chi connectivity index (χ1n) is 5.84. The third-order valence-corrected chi connectivity index (χ3v) is 4.57. The lowest BCUT2D eigenvalue weighted by Gasteiger charge is -2.10. The van der Waals surface area contributed by atoms with Crippen LogP contribution in [-0.2, 0) is 10.0 Å². The Kier molecular flexibility index (Phi) is 3.88. The second kappa shape index (κ2) is 5.27. The number of aromatic nitrogens is 2. The summed E-state index contributed by atoms with van der Waals surface area (Å²) in [6.07, 6.45) is 2.54. The molecule has 1 aromatic rings. The smallest absolute Gasteiger partial charge is 0.340 e. The van der Waals surface area contributed by atoms with Crippen LogP contribution in [-0.4, -0.2) is 47.4 Å². The fourth-order valence-corrected chi connectivity index (χ4v) is 3.37. The number of H-pyrrole nitrogens is 1. The summed E-state index contributed by atoms with van der Waals surface area (Å²) in [5.41, 5.74) is -0.390. The minimum absolute atomic E-state index is 0.0703. The summed E-state index contributed by atoms with van der Waals surface area (Å²) in [5.74, 6) is -1.29. The number of nitrogens with one attached hydrogen (secondary N) is 2. The van der Waals surface area contributed by atoms with E-state index >= 15 is 0 Å². The number of nitrogens with zero attached hydrogens (tertiary/aromatic N) is 1. The van der Waals surface area contributed by atoms with Crippen LogP contribution in [0.2, 0.25) is 0 Å². The van der Waals surface area contributed by atoms with Gasteiger partial charge in [-0.05, 0) is 25.2 Å². The highest BCUT2D eigenvalue weighted by atomic mass is 32.2. The molecule has 1 fully saturated rings. The van der Waals surface area contributed by atoms with Crippen molar-refractivity contribution in [3.05, 3.63) is 11.8 Å². The van der Waals surface area contributed by atoms with Gasteiger partial charge in [0.2, 0.25) is 0 Å². The molecule has 1 saturated carbocycles. The SMILES string of the molecule is O=C(O)c1cn[nH]c1S(=O)(=O)NCC1CCC(O)C1. The van der Waals surface area contributed by atoms with E-state index in [4.69, 9.17) is 5.11 Å². The Hall–Kier alpha value is -1.45. The summed E-state index contributed by atoms with van der Waals surface area (Å²) in [4.78, 5) is 10.8. The monoisotopic (exact) mass is 289 g/mol. The number of aromatic carboxylic acids is 1. The molecule has 0 aromatic carbocycles. The van der Waals surface area contributed by atoms with Gasteiger partial charge in [-0.1, -0.05) is 0 Å². The largest absolute Gasteiger partial charge is 0.478 e. The lowest BCUT2D eigenvalue weighted by molar-refractivity contribution is 0.0692. The fourth-order valence-electron chi connectivity index (χ4n) is 2.17. The number of carboxylic acid groups (broad SMARTS) is 1. The first kappa shape index (κ1) is 14.0. The Bertz CT molecular complexity index is 567. The maximum atomic E-state index is 11.9. The van der Waals surface area contributed by atoms with Crippen LogP contribution >= 0.6 is 0 Å². The van der Waals surface area contributed by atoms with Crippen molar-refractivity contribution in [1.82, 2.24) is 14.9 Å². The van der Waals surface area contributed by atoms with Crippen molar-refractivity contribution in [3.8, 4) is 0 Å². The number of hydrogen-bond acceptors (Lipinski definition) is 5. The zero-order chi connectivity index (χ0) is 14.0. The lowest BCUT2D eigenvalue weighted by atomic mass is 10.1. The highest BCUT2D eigenvalue weighted by Crippen LogP contribution is 2.25. The first-order valence-corrected chi connectivity index (χ1v) is 7.33. The van der Waals surface area contributed by atoms with Gasteiger partial charge in [0.15, 0.2) is 5.03 Å². The first-order chi connectivity index (χ1) is 8.90. The number of carbonyl (C=O) groups is 1. The second-order valence-electron chi connectivity index (χ2n) is 4.60. The Morgan fingerprint density at radius 2 is 2.26 bits per heavy atom. The van der Waals surface area contributed by atoms with Crippen LogP contribution in [0.3, 0.4) is 0 Å². The van der Waals surface area contributed by atoms with Crippen molar-refractivity contribution in [3.63, 3.8) is 0 Å². The number of aliphatic hydroxyl groups is 1. The van der Waals surface area contributed by atoms with Crippen LogP contribution in [0.5, 0.6) is 0 Å². The standard InChI is InChI=1S/C10H15N3O5S/c14-7-2-1-6(3-7)4-12-19(17,18)9-8(10(15)16)5-11-13-9/h5-7,12,14H,1-4H2,(H,11,13)(H,15,16). The number of rotatable bonds is 5. The molecule has 0 spiro atoms. The van der Waals surface area contributed by atoms with E-state index in [1.165, 1.54) is 0 Å². The van der Waals surface area contributed by atoms with Crippen molar-refractivity contribution in [2.45, 2.75) is 30.4 Å². The van der Waals surface area contributed by atoms with Gasteiger partial charge in [0.25, 0.3) is 10.0 Å². The van der Waals surface area contributed by atoms with Gasteiger partial charge in [-0.25, -0.2) is 17.9 Å². The minimum Gasteiger partial charge on any atom is -0.478 e. The Morgan fingerprint density at radius 1 is 1.53 bits per heavy atom. The average Bonchev–Trinajstić information content (AvgIpc) is 2.94. The number of aliphatic hydroxyl groups excluding tert-OH is 1. The number of sulfonamides is 1. The molecule has 2 unspecified atom stereocenters. The van der Waals surface area contributed by atoms with E-state index in [2.05, 4.69) is 14.9 Å². The van der Waals surface area contributed by atoms with Crippen molar-refractivity contribution < 1.29 is 23.4 Å². The summed E-state index contributed by atoms with van der Waals surface area (Å²) < 4.78 is 26.2. The molecule has 8 nitrogen and oxygen atoms in total. The van der Waals surface area contributed by atoms with E-state index < -0.39 is 21.0 Å². The maximum absolute atomic E-state index is 11.9. The summed E-state index contributed by atoms with van der Waals surface area (Å²) in [7, 11) is -3.93. The van der Waals surface area contributed by atoms with Gasteiger partial charge >= 0.3 is 5.97 Å². The van der Waals surface area contributed by atoms with Crippen molar-refractivity contribution >= 4 is 16.0 Å². The van der Waals surface area contributed by atoms with E-state index in [1.807, 2.05) is 0 Å². The second-order valence-corrected chi connectivity index (χ2v) is 6.31. The van der Waals surface area contributed by atoms with E-state index in [-0.39, 0.29) is 24.1 Å². The molecule has 0 aliphatic heterocycles. The highest BCUT2D eigenvalue weighted by Gasteiger charge is 2.28. The van der Waals surface area contributed by atoms with E-state index in [9.17, 15) is 18.3 Å². The molecule has 0 radical (unpaired) electrons. The van der Waals surface area contributed by atoms with Gasteiger partial charge in [0.05, 0.1) is 12.3 Å². The van der Waals surface area contributed by atoms with Crippen LogP contribution in [0.4, 0.5) is 0 Å². The molecular weight excluding hydrogens is 274 g/mol. The highest BCUT2D eigenvalue weighted by molar-refractivity contribution is 7.89. The van der Waals surface area contributed by atoms with Gasteiger partial charge < -0.3 is 10.2 Å². The zero-order valence-corrected chi connectivity index (χ0v) is 10.9. The predicted octanol–water partition coefficient (Wildman–Crippen LogP) is -0.453. The van der Waals surface area contributed by atoms with E-state index in [0.717, 1.165) is 12.6 Å².